The number of nitrogens with zero attached hydrogens (tertiary/aromatic N) is 2. The summed E-state index contributed by atoms with van der Waals surface area (Å²) in [7, 11) is 3.01. The molecule has 6 unspecified atom stereocenters. The largest absolute Gasteiger partial charge is 0.504 e. The first-order chi connectivity index (χ1) is 24.7. The Morgan fingerprint density at radius 3 is 2.29 bits per heavy atom. The number of methoxy groups -OCH3 is 2. The van der Waals surface area contributed by atoms with E-state index in [4.69, 9.17) is 32.7 Å². The van der Waals surface area contributed by atoms with Crippen LogP contribution in [0.15, 0.2) is 78.4 Å². The van der Waals surface area contributed by atoms with Gasteiger partial charge in [-0.2, -0.15) is 5.01 Å². The molecule has 3 aromatic carbocycles. The molecule has 4 amide bonds. The summed E-state index contributed by atoms with van der Waals surface area (Å²) in [6.45, 7) is 5.52. The lowest BCUT2D eigenvalue weighted by atomic mass is 9.50. The van der Waals surface area contributed by atoms with Crippen LogP contribution >= 0.6 is 23.2 Å². The molecule has 4 aliphatic rings. The molecule has 1 saturated carbocycles. The number of likely N-dealkylation sites (tertiary alicyclic amines) is 1. The van der Waals surface area contributed by atoms with E-state index in [1.54, 1.807) is 55.6 Å². The Hall–Kier alpha value is -4.80. The minimum Gasteiger partial charge on any atom is -0.504 e. The predicted molar refractivity (Wildman–Crippen MR) is 197 cm³/mol. The summed E-state index contributed by atoms with van der Waals surface area (Å²) in [6, 6.07) is 16.8. The van der Waals surface area contributed by atoms with Gasteiger partial charge in [-0.3, -0.25) is 29.5 Å². The molecule has 2 aliphatic carbocycles. The number of halogens is 2. The molecule has 0 bridgehead atoms. The maximum Gasteiger partial charge on any atom is 0.260 e. The van der Waals surface area contributed by atoms with Crippen molar-refractivity contribution in [3.05, 3.63) is 99.6 Å². The Kier molecular flexibility index (Phi) is 8.90. The molecule has 2 N–H and O–H groups in total. The van der Waals surface area contributed by atoms with Crippen molar-refractivity contribution in [3.8, 4) is 17.2 Å². The average molecular weight is 745 g/mol. The van der Waals surface area contributed by atoms with Gasteiger partial charge in [-0.15, -0.1) is 0 Å². The first-order valence-corrected chi connectivity index (χ1v) is 17.9. The highest BCUT2D eigenvalue weighted by molar-refractivity contribution is 6.36. The number of aromatic hydroxyl groups is 1. The van der Waals surface area contributed by atoms with Crippen molar-refractivity contribution in [1.29, 1.82) is 0 Å². The number of phenols is 1. The molecular formula is C40H39Cl2N3O7. The standard InChI is InChI=1S/C40H39Cl2N3O7/c1-39(2,3)44-35(47)26-14-13-25-27(34(26)37(44)49)20-29-36(48)45(43-31-16-10-23(41)19-30(31)42)38(50)40(29,22-8-11-24(51-4)12-9-22)28(25)15-6-21-7-17-32(46)33(18-21)52-5/h6-13,15-19,26-29,34,43,46H,14,20H2,1-5H3. The number of hydrogen-bond acceptors (Lipinski definition) is 8. The van der Waals surface area contributed by atoms with E-state index >= 15 is 4.79 Å². The quantitative estimate of drug-likeness (QED) is 0.195. The number of nitrogens with one attached hydrogen (secondary N) is 1. The van der Waals surface area contributed by atoms with Gasteiger partial charge >= 0.3 is 0 Å². The Balaban J connectivity index is 1.44. The lowest BCUT2D eigenvalue weighted by Crippen LogP contribution is -2.54. The normalized spacial score (nSPS) is 27.1. The molecule has 2 aliphatic heterocycles. The van der Waals surface area contributed by atoms with Crippen molar-refractivity contribution in [1.82, 2.24) is 9.91 Å². The highest BCUT2D eigenvalue weighted by atomic mass is 35.5. The molecule has 12 heteroatoms. The van der Waals surface area contributed by atoms with Crippen LogP contribution in [0.25, 0.3) is 6.08 Å². The van der Waals surface area contributed by atoms with Crippen LogP contribution in [0, 0.1) is 29.6 Å². The molecule has 2 saturated heterocycles. The second kappa shape index (κ2) is 13.0. The van der Waals surface area contributed by atoms with E-state index in [9.17, 15) is 19.5 Å². The lowest BCUT2D eigenvalue weighted by molar-refractivity contribution is -0.146. The highest BCUT2D eigenvalue weighted by Gasteiger charge is 2.70. The zero-order chi connectivity index (χ0) is 37.3. The Morgan fingerprint density at radius 1 is 0.904 bits per heavy atom. The lowest BCUT2D eigenvalue weighted by Gasteiger charge is -2.49. The summed E-state index contributed by atoms with van der Waals surface area (Å²) in [6.07, 6.45) is 6.20. The molecule has 0 aromatic heterocycles. The highest BCUT2D eigenvalue weighted by Crippen LogP contribution is 2.62. The molecule has 2 heterocycles. The number of hydrogen-bond donors (Lipinski definition) is 2. The summed E-state index contributed by atoms with van der Waals surface area (Å²) >= 11 is 12.7. The number of benzene rings is 3. The van der Waals surface area contributed by atoms with Crippen molar-refractivity contribution >= 4 is 58.6 Å². The average Bonchev–Trinajstić information content (AvgIpc) is 3.50. The van der Waals surface area contributed by atoms with Crippen LogP contribution in [-0.2, 0) is 24.6 Å². The summed E-state index contributed by atoms with van der Waals surface area (Å²) in [5.74, 6) is -4.09. The van der Waals surface area contributed by atoms with Crippen molar-refractivity contribution < 1.29 is 33.8 Å². The molecule has 3 fully saturated rings. The van der Waals surface area contributed by atoms with Gasteiger partial charge in [0.2, 0.25) is 11.8 Å². The van der Waals surface area contributed by atoms with E-state index in [0.717, 1.165) is 10.6 Å². The van der Waals surface area contributed by atoms with E-state index in [1.807, 2.05) is 39.0 Å². The fraction of sp³-hybridized carbons (Fsp3) is 0.350. The Morgan fingerprint density at radius 2 is 1.63 bits per heavy atom. The zero-order valence-electron chi connectivity index (χ0n) is 29.4. The Bertz CT molecular complexity index is 2060. The number of carbonyl (C=O) groups excluding carboxylic acids is 4. The third-order valence-corrected chi connectivity index (χ3v) is 11.5. The predicted octanol–water partition coefficient (Wildman–Crippen LogP) is 7.05. The van der Waals surface area contributed by atoms with Gasteiger partial charge in [0.05, 0.1) is 48.1 Å². The fourth-order valence-electron chi connectivity index (χ4n) is 8.76. The van der Waals surface area contributed by atoms with Crippen LogP contribution < -0.4 is 14.9 Å². The number of ether oxygens (including phenoxy) is 2. The maximum atomic E-state index is 15.3. The summed E-state index contributed by atoms with van der Waals surface area (Å²) in [5, 5.41) is 11.9. The molecule has 3 aromatic rings. The van der Waals surface area contributed by atoms with Crippen molar-refractivity contribution in [2.75, 3.05) is 19.6 Å². The van der Waals surface area contributed by atoms with E-state index in [2.05, 4.69) is 5.43 Å². The first-order valence-electron chi connectivity index (χ1n) is 17.1. The van der Waals surface area contributed by atoms with Crippen molar-refractivity contribution in [2.24, 2.45) is 29.6 Å². The van der Waals surface area contributed by atoms with Crippen LogP contribution in [0.5, 0.6) is 17.2 Å². The van der Waals surface area contributed by atoms with E-state index < -0.39 is 52.4 Å². The smallest absolute Gasteiger partial charge is 0.260 e. The molecule has 0 spiro atoms. The number of hydrazine groups is 1. The molecule has 6 atom stereocenters. The van der Waals surface area contributed by atoms with Gasteiger partial charge in [0, 0.05) is 16.5 Å². The number of fused-ring (bicyclic) bond motifs is 4. The second-order valence-electron chi connectivity index (χ2n) is 14.7. The van der Waals surface area contributed by atoms with Gasteiger partial charge < -0.3 is 14.6 Å². The van der Waals surface area contributed by atoms with Crippen LogP contribution in [0.4, 0.5) is 5.69 Å². The van der Waals surface area contributed by atoms with E-state index in [0.29, 0.717) is 34.0 Å². The van der Waals surface area contributed by atoms with Gasteiger partial charge in [0.15, 0.2) is 11.5 Å². The van der Waals surface area contributed by atoms with E-state index in [-0.39, 0.29) is 34.8 Å². The minimum atomic E-state index is -1.47. The van der Waals surface area contributed by atoms with Gasteiger partial charge in [-0.25, -0.2) is 0 Å². The fourth-order valence-corrected chi connectivity index (χ4v) is 9.21. The summed E-state index contributed by atoms with van der Waals surface area (Å²) in [5.41, 5.74) is 3.19. The monoisotopic (exact) mass is 743 g/mol. The summed E-state index contributed by atoms with van der Waals surface area (Å²) in [4.78, 5) is 59.5. The third kappa shape index (κ3) is 5.46. The first kappa shape index (κ1) is 35.6. The number of imide groups is 2. The summed E-state index contributed by atoms with van der Waals surface area (Å²) < 4.78 is 10.8. The Labute approximate surface area is 311 Å². The minimum absolute atomic E-state index is 0.0277. The topological polar surface area (TPSA) is 125 Å². The van der Waals surface area contributed by atoms with Crippen molar-refractivity contribution in [3.63, 3.8) is 0 Å². The van der Waals surface area contributed by atoms with E-state index in [1.165, 1.54) is 24.1 Å². The zero-order valence-corrected chi connectivity index (χ0v) is 30.9. The van der Waals surface area contributed by atoms with Gasteiger partial charge in [-0.05, 0) is 93.1 Å². The molecule has 7 rings (SSSR count). The number of allylic oxidation sites excluding steroid dienone is 3. The second-order valence-corrected chi connectivity index (χ2v) is 15.6. The maximum absolute atomic E-state index is 15.3. The van der Waals surface area contributed by atoms with Gasteiger partial charge in [0.25, 0.3) is 11.8 Å². The third-order valence-electron chi connectivity index (χ3n) is 11.0. The molecular weight excluding hydrogens is 705 g/mol. The van der Waals surface area contributed by atoms with Crippen LogP contribution in [-0.4, -0.2) is 58.4 Å². The molecule has 10 nitrogen and oxygen atoms in total. The van der Waals surface area contributed by atoms with Gasteiger partial charge in [0.1, 0.15) is 5.75 Å². The number of phenolic OH excluding ortho intramolecular Hbond substituents is 1. The SMILES string of the molecule is COc1ccc(C23C(=O)N(Nc4ccc(Cl)cc4Cl)C(=O)C2CC2C(=CCC4C(=O)N(C(C)(C)C)C(=O)C42)C3C=Cc2ccc(O)c(OC)c2)cc1. The van der Waals surface area contributed by atoms with Crippen LogP contribution in [0.1, 0.15) is 44.7 Å². The molecule has 0 radical (unpaired) electrons. The van der Waals surface area contributed by atoms with Crippen LogP contribution in [0.3, 0.4) is 0 Å². The number of rotatable bonds is 7. The number of amides is 4. The molecule has 52 heavy (non-hydrogen) atoms. The molecule has 270 valence electrons. The van der Waals surface area contributed by atoms with Crippen LogP contribution in [0.2, 0.25) is 10.0 Å². The van der Waals surface area contributed by atoms with Crippen molar-refractivity contribution in [2.45, 2.75) is 44.6 Å². The van der Waals surface area contributed by atoms with Gasteiger partial charge in [-0.1, -0.05) is 65.2 Å². The number of anilines is 1. The number of carbonyl (C=O) groups is 4.